The summed E-state index contributed by atoms with van der Waals surface area (Å²) in [6.07, 6.45) is -0.440. The van der Waals surface area contributed by atoms with E-state index in [4.69, 9.17) is 4.74 Å². The lowest BCUT2D eigenvalue weighted by Crippen LogP contribution is -2.34. The fraction of sp³-hybridized carbons (Fsp3) is 0.647. The first-order valence-electron chi connectivity index (χ1n) is 7.40. The number of ether oxygens (including phenoxy) is 1. The standard InChI is InChI=1S/C17H29NO2/c1-13(2)11-18(8-9-20-5)12-17(19)16-7-6-14(3)15(4)10-16/h6-7,10,13,17,19H,8-9,11-12H2,1-5H3. The second-order valence-corrected chi connectivity index (χ2v) is 6.01. The highest BCUT2D eigenvalue weighted by atomic mass is 16.5. The Labute approximate surface area is 123 Å². The van der Waals surface area contributed by atoms with Crippen molar-refractivity contribution in [2.75, 3.05) is 33.4 Å². The number of aliphatic hydroxyl groups excluding tert-OH is 1. The van der Waals surface area contributed by atoms with Crippen molar-refractivity contribution in [3.63, 3.8) is 0 Å². The van der Waals surface area contributed by atoms with E-state index in [1.807, 2.05) is 6.07 Å². The van der Waals surface area contributed by atoms with Crippen molar-refractivity contribution in [3.8, 4) is 0 Å². The van der Waals surface area contributed by atoms with E-state index in [1.165, 1.54) is 11.1 Å². The minimum absolute atomic E-state index is 0.440. The number of methoxy groups -OCH3 is 1. The van der Waals surface area contributed by atoms with Gasteiger partial charge in [0.2, 0.25) is 0 Å². The van der Waals surface area contributed by atoms with E-state index in [1.54, 1.807) is 7.11 Å². The normalized spacial score (nSPS) is 13.2. The van der Waals surface area contributed by atoms with E-state index in [0.29, 0.717) is 19.1 Å². The molecule has 1 aromatic carbocycles. The zero-order valence-electron chi connectivity index (χ0n) is 13.5. The molecule has 3 heteroatoms. The van der Waals surface area contributed by atoms with Crippen LogP contribution >= 0.6 is 0 Å². The molecule has 0 spiro atoms. The zero-order valence-corrected chi connectivity index (χ0v) is 13.5. The molecule has 1 aromatic rings. The molecule has 0 heterocycles. The molecule has 1 rings (SSSR count). The highest BCUT2D eigenvalue weighted by Crippen LogP contribution is 2.18. The molecule has 0 saturated carbocycles. The quantitative estimate of drug-likeness (QED) is 0.794. The van der Waals surface area contributed by atoms with Crippen LogP contribution < -0.4 is 0 Å². The molecule has 20 heavy (non-hydrogen) atoms. The molecule has 0 amide bonds. The van der Waals surface area contributed by atoms with Crippen LogP contribution in [0.2, 0.25) is 0 Å². The van der Waals surface area contributed by atoms with E-state index >= 15 is 0 Å². The molecule has 0 bridgehead atoms. The number of rotatable bonds is 8. The van der Waals surface area contributed by atoms with Gasteiger partial charge in [0.1, 0.15) is 0 Å². The topological polar surface area (TPSA) is 32.7 Å². The Morgan fingerprint density at radius 2 is 1.85 bits per heavy atom. The average molecular weight is 279 g/mol. The van der Waals surface area contributed by atoms with Gasteiger partial charge in [-0.3, -0.25) is 4.90 Å². The Morgan fingerprint density at radius 1 is 1.15 bits per heavy atom. The van der Waals surface area contributed by atoms with Crippen molar-refractivity contribution in [1.82, 2.24) is 4.90 Å². The molecule has 3 nitrogen and oxygen atoms in total. The highest BCUT2D eigenvalue weighted by Gasteiger charge is 2.15. The fourth-order valence-corrected chi connectivity index (χ4v) is 2.32. The first kappa shape index (κ1) is 17.2. The molecule has 0 aliphatic heterocycles. The largest absolute Gasteiger partial charge is 0.387 e. The van der Waals surface area contributed by atoms with Gasteiger partial charge < -0.3 is 9.84 Å². The number of aliphatic hydroxyl groups is 1. The van der Waals surface area contributed by atoms with Crippen molar-refractivity contribution < 1.29 is 9.84 Å². The minimum atomic E-state index is -0.440. The van der Waals surface area contributed by atoms with Crippen molar-refractivity contribution in [2.45, 2.75) is 33.8 Å². The van der Waals surface area contributed by atoms with Crippen LogP contribution in [0.3, 0.4) is 0 Å². The van der Waals surface area contributed by atoms with E-state index in [0.717, 1.165) is 18.7 Å². The molecule has 0 aromatic heterocycles. The summed E-state index contributed by atoms with van der Waals surface area (Å²) in [5.74, 6) is 0.582. The van der Waals surface area contributed by atoms with Crippen LogP contribution in [0, 0.1) is 19.8 Å². The van der Waals surface area contributed by atoms with Crippen LogP contribution in [0.15, 0.2) is 18.2 Å². The predicted molar refractivity (Wildman–Crippen MR) is 84.0 cm³/mol. The average Bonchev–Trinajstić information content (AvgIpc) is 2.38. The number of aryl methyl sites for hydroxylation is 2. The third kappa shape index (κ3) is 5.61. The van der Waals surface area contributed by atoms with Crippen LogP contribution in [-0.4, -0.2) is 43.4 Å². The smallest absolute Gasteiger partial charge is 0.0917 e. The van der Waals surface area contributed by atoms with Crippen LogP contribution in [-0.2, 0) is 4.74 Å². The van der Waals surface area contributed by atoms with Crippen LogP contribution in [0.25, 0.3) is 0 Å². The summed E-state index contributed by atoms with van der Waals surface area (Å²) >= 11 is 0. The van der Waals surface area contributed by atoms with E-state index in [2.05, 4.69) is 44.7 Å². The van der Waals surface area contributed by atoms with E-state index in [9.17, 15) is 5.11 Å². The van der Waals surface area contributed by atoms with Gasteiger partial charge in [0, 0.05) is 26.7 Å². The van der Waals surface area contributed by atoms with Gasteiger partial charge in [0.25, 0.3) is 0 Å². The lowest BCUT2D eigenvalue weighted by atomic mass is 10.0. The highest BCUT2D eigenvalue weighted by molar-refractivity contribution is 5.31. The molecule has 0 radical (unpaired) electrons. The predicted octanol–water partition coefficient (Wildman–Crippen LogP) is 2.94. The van der Waals surface area contributed by atoms with Crippen molar-refractivity contribution in [3.05, 3.63) is 34.9 Å². The molecular formula is C17H29NO2. The monoisotopic (exact) mass is 279 g/mol. The second-order valence-electron chi connectivity index (χ2n) is 6.01. The number of benzene rings is 1. The molecule has 1 N–H and O–H groups in total. The van der Waals surface area contributed by atoms with Gasteiger partial charge in [-0.05, 0) is 36.5 Å². The summed E-state index contributed by atoms with van der Waals surface area (Å²) in [5.41, 5.74) is 3.49. The number of hydrogen-bond donors (Lipinski definition) is 1. The van der Waals surface area contributed by atoms with Gasteiger partial charge in [-0.25, -0.2) is 0 Å². The minimum Gasteiger partial charge on any atom is -0.387 e. The van der Waals surface area contributed by atoms with Gasteiger partial charge >= 0.3 is 0 Å². The summed E-state index contributed by atoms with van der Waals surface area (Å²) in [4.78, 5) is 2.27. The summed E-state index contributed by atoms with van der Waals surface area (Å²) in [6, 6.07) is 6.19. The van der Waals surface area contributed by atoms with E-state index < -0.39 is 6.10 Å². The fourth-order valence-electron chi connectivity index (χ4n) is 2.32. The Hall–Kier alpha value is -0.900. The Balaban J connectivity index is 2.67. The molecule has 0 fully saturated rings. The molecule has 0 aliphatic rings. The van der Waals surface area contributed by atoms with Crippen LogP contribution in [0.4, 0.5) is 0 Å². The molecular weight excluding hydrogens is 250 g/mol. The van der Waals surface area contributed by atoms with Gasteiger partial charge in [0.15, 0.2) is 0 Å². The molecule has 0 aliphatic carbocycles. The molecule has 1 unspecified atom stereocenters. The van der Waals surface area contributed by atoms with Crippen LogP contribution in [0.5, 0.6) is 0 Å². The lowest BCUT2D eigenvalue weighted by Gasteiger charge is -2.26. The molecule has 1 atom stereocenters. The van der Waals surface area contributed by atoms with Gasteiger partial charge in [-0.15, -0.1) is 0 Å². The summed E-state index contributed by atoms with van der Waals surface area (Å²) in [6.45, 7) is 11.8. The number of nitrogens with zero attached hydrogens (tertiary/aromatic N) is 1. The SMILES string of the molecule is COCCN(CC(C)C)CC(O)c1ccc(C)c(C)c1. The van der Waals surface area contributed by atoms with Crippen molar-refractivity contribution in [2.24, 2.45) is 5.92 Å². The van der Waals surface area contributed by atoms with Gasteiger partial charge in [0.05, 0.1) is 12.7 Å². The zero-order chi connectivity index (χ0) is 15.1. The maximum Gasteiger partial charge on any atom is 0.0917 e. The summed E-state index contributed by atoms with van der Waals surface area (Å²) in [7, 11) is 1.72. The molecule has 114 valence electrons. The third-order valence-corrected chi connectivity index (χ3v) is 3.58. The molecule has 0 saturated heterocycles. The van der Waals surface area contributed by atoms with Gasteiger partial charge in [-0.1, -0.05) is 32.0 Å². The maximum atomic E-state index is 10.4. The first-order chi connectivity index (χ1) is 9.43. The third-order valence-electron chi connectivity index (χ3n) is 3.58. The Kier molecular flexibility index (Phi) is 7.20. The van der Waals surface area contributed by atoms with Crippen LogP contribution in [0.1, 0.15) is 36.6 Å². The summed E-state index contributed by atoms with van der Waals surface area (Å²) < 4.78 is 5.15. The lowest BCUT2D eigenvalue weighted by molar-refractivity contribution is 0.0824. The first-order valence-corrected chi connectivity index (χ1v) is 7.40. The Bertz CT molecular complexity index is 404. The van der Waals surface area contributed by atoms with Gasteiger partial charge in [-0.2, -0.15) is 0 Å². The van der Waals surface area contributed by atoms with E-state index in [-0.39, 0.29) is 0 Å². The van der Waals surface area contributed by atoms with Crippen molar-refractivity contribution >= 4 is 0 Å². The number of hydrogen-bond acceptors (Lipinski definition) is 3. The van der Waals surface area contributed by atoms with Crippen molar-refractivity contribution in [1.29, 1.82) is 0 Å². The maximum absolute atomic E-state index is 10.4. The Morgan fingerprint density at radius 3 is 2.40 bits per heavy atom. The summed E-state index contributed by atoms with van der Waals surface area (Å²) in [5, 5.41) is 10.4. The second kappa shape index (κ2) is 8.40.